The van der Waals surface area contributed by atoms with Crippen LogP contribution in [0.3, 0.4) is 0 Å². The van der Waals surface area contributed by atoms with E-state index in [1.807, 2.05) is 0 Å². The number of nitrogens with one attached hydrogen (secondary N) is 1. The quantitative estimate of drug-likeness (QED) is 0.893. The van der Waals surface area contributed by atoms with Crippen LogP contribution in [-0.4, -0.2) is 30.1 Å². The molecule has 0 bridgehead atoms. The molecule has 4 heteroatoms. The predicted octanol–water partition coefficient (Wildman–Crippen LogP) is 3.56. The van der Waals surface area contributed by atoms with Crippen molar-refractivity contribution in [3.63, 3.8) is 0 Å². The van der Waals surface area contributed by atoms with E-state index in [1.54, 1.807) is 6.07 Å². The largest absolute Gasteiger partial charge is 0.311 e. The highest BCUT2D eigenvalue weighted by molar-refractivity contribution is 5.18. The highest BCUT2D eigenvalue weighted by Crippen LogP contribution is 2.22. The number of hydrogen-bond donors (Lipinski definition) is 1. The summed E-state index contributed by atoms with van der Waals surface area (Å²) in [5.74, 6) is -0.398. The summed E-state index contributed by atoms with van der Waals surface area (Å²) in [7, 11) is 0. The average molecular weight is 296 g/mol. The van der Waals surface area contributed by atoms with Gasteiger partial charge in [-0.15, -0.1) is 0 Å². The normalized spacial score (nSPS) is 25.0. The number of benzene rings is 1. The van der Waals surface area contributed by atoms with Crippen molar-refractivity contribution in [1.82, 2.24) is 10.2 Å². The second kappa shape index (κ2) is 7.32. The van der Waals surface area contributed by atoms with E-state index in [9.17, 15) is 8.78 Å². The maximum absolute atomic E-state index is 13.9. The molecular weight excluding hydrogens is 270 g/mol. The van der Waals surface area contributed by atoms with Crippen LogP contribution in [0.25, 0.3) is 0 Å². The van der Waals surface area contributed by atoms with Crippen LogP contribution in [-0.2, 0) is 6.54 Å². The number of hydrogen-bond acceptors (Lipinski definition) is 2. The fourth-order valence-corrected chi connectivity index (χ4v) is 3.06. The van der Waals surface area contributed by atoms with Crippen LogP contribution >= 0.6 is 0 Å². The summed E-state index contributed by atoms with van der Waals surface area (Å²) in [6, 6.07) is 4.75. The zero-order valence-electron chi connectivity index (χ0n) is 13.2. The molecule has 1 N–H and O–H groups in total. The monoisotopic (exact) mass is 296 g/mol. The van der Waals surface area contributed by atoms with E-state index in [2.05, 4.69) is 31.0 Å². The van der Waals surface area contributed by atoms with Gasteiger partial charge in [0, 0.05) is 43.3 Å². The van der Waals surface area contributed by atoms with Gasteiger partial charge in [-0.3, -0.25) is 4.90 Å². The smallest absolute Gasteiger partial charge is 0.130 e. The molecule has 1 aromatic rings. The molecule has 0 spiro atoms. The number of piperazine rings is 1. The third kappa shape index (κ3) is 4.01. The molecule has 0 aliphatic carbocycles. The van der Waals surface area contributed by atoms with E-state index in [4.69, 9.17) is 0 Å². The second-order valence-electron chi connectivity index (χ2n) is 6.13. The molecule has 3 atom stereocenters. The first-order valence-electron chi connectivity index (χ1n) is 7.96. The van der Waals surface area contributed by atoms with E-state index in [0.717, 1.165) is 32.0 Å². The van der Waals surface area contributed by atoms with Crippen molar-refractivity contribution >= 4 is 0 Å². The number of halogens is 2. The zero-order chi connectivity index (χ0) is 15.4. The van der Waals surface area contributed by atoms with Crippen molar-refractivity contribution in [2.45, 2.75) is 52.2 Å². The SMILES string of the molecule is CCC1CN(Cc2ccc(F)cc2F)C(C(C)CC)CN1. The minimum absolute atomic E-state index is 0.405. The first kappa shape index (κ1) is 16.4. The van der Waals surface area contributed by atoms with Crippen molar-refractivity contribution in [2.75, 3.05) is 13.1 Å². The molecule has 1 aliphatic rings. The Morgan fingerprint density at radius 1 is 1.33 bits per heavy atom. The fourth-order valence-electron chi connectivity index (χ4n) is 3.06. The zero-order valence-corrected chi connectivity index (χ0v) is 13.2. The van der Waals surface area contributed by atoms with Gasteiger partial charge >= 0.3 is 0 Å². The third-order valence-corrected chi connectivity index (χ3v) is 4.72. The predicted molar refractivity (Wildman–Crippen MR) is 82.1 cm³/mol. The van der Waals surface area contributed by atoms with Crippen LogP contribution in [0.4, 0.5) is 8.78 Å². The lowest BCUT2D eigenvalue weighted by molar-refractivity contribution is 0.0822. The molecule has 1 saturated heterocycles. The van der Waals surface area contributed by atoms with Crippen LogP contribution in [0.5, 0.6) is 0 Å². The molecule has 1 aliphatic heterocycles. The van der Waals surface area contributed by atoms with Crippen molar-refractivity contribution in [3.8, 4) is 0 Å². The first-order valence-corrected chi connectivity index (χ1v) is 7.96. The summed E-state index contributed by atoms with van der Waals surface area (Å²) < 4.78 is 27.0. The Kier molecular flexibility index (Phi) is 5.71. The molecule has 1 fully saturated rings. The summed E-state index contributed by atoms with van der Waals surface area (Å²) >= 11 is 0. The van der Waals surface area contributed by atoms with Gasteiger partial charge in [-0.05, 0) is 18.4 Å². The average Bonchev–Trinajstić information content (AvgIpc) is 2.49. The standard InChI is InChI=1S/C17H26F2N2/c1-4-12(3)17-9-20-15(5-2)11-21(17)10-13-6-7-14(18)8-16(13)19/h6-8,12,15,17,20H,4-5,9-11H2,1-3H3. The third-order valence-electron chi connectivity index (χ3n) is 4.72. The van der Waals surface area contributed by atoms with Crippen molar-refractivity contribution in [1.29, 1.82) is 0 Å². The minimum atomic E-state index is -0.513. The summed E-state index contributed by atoms with van der Waals surface area (Å²) in [4.78, 5) is 2.36. The maximum atomic E-state index is 13.9. The Morgan fingerprint density at radius 2 is 2.10 bits per heavy atom. The van der Waals surface area contributed by atoms with E-state index in [1.165, 1.54) is 6.07 Å². The lowest BCUT2D eigenvalue weighted by Crippen LogP contribution is -2.57. The molecule has 0 aromatic heterocycles. The van der Waals surface area contributed by atoms with Gasteiger partial charge in [-0.1, -0.05) is 33.3 Å². The minimum Gasteiger partial charge on any atom is -0.311 e. The molecule has 0 radical (unpaired) electrons. The van der Waals surface area contributed by atoms with E-state index in [-0.39, 0.29) is 0 Å². The Bertz CT molecular complexity index is 464. The summed E-state index contributed by atoms with van der Waals surface area (Å²) in [6.07, 6.45) is 2.17. The van der Waals surface area contributed by atoms with E-state index in [0.29, 0.717) is 30.1 Å². The van der Waals surface area contributed by atoms with Crippen molar-refractivity contribution < 1.29 is 8.78 Å². The van der Waals surface area contributed by atoms with E-state index >= 15 is 0 Å². The van der Waals surface area contributed by atoms with Gasteiger partial charge in [-0.25, -0.2) is 8.78 Å². The maximum Gasteiger partial charge on any atom is 0.130 e. The molecule has 1 aromatic carbocycles. The Hall–Kier alpha value is -1.00. The molecule has 118 valence electrons. The van der Waals surface area contributed by atoms with Crippen LogP contribution in [0, 0.1) is 17.6 Å². The Morgan fingerprint density at radius 3 is 2.71 bits per heavy atom. The van der Waals surface area contributed by atoms with Gasteiger partial charge in [0.2, 0.25) is 0 Å². The Balaban J connectivity index is 2.15. The second-order valence-corrected chi connectivity index (χ2v) is 6.13. The highest BCUT2D eigenvalue weighted by Gasteiger charge is 2.30. The van der Waals surface area contributed by atoms with Gasteiger partial charge in [-0.2, -0.15) is 0 Å². The molecule has 2 rings (SSSR count). The van der Waals surface area contributed by atoms with Crippen LogP contribution < -0.4 is 5.32 Å². The number of rotatable bonds is 5. The molecule has 3 unspecified atom stereocenters. The van der Waals surface area contributed by atoms with Gasteiger partial charge in [0.15, 0.2) is 0 Å². The fraction of sp³-hybridized carbons (Fsp3) is 0.647. The van der Waals surface area contributed by atoms with Crippen LogP contribution in [0.1, 0.15) is 39.2 Å². The highest BCUT2D eigenvalue weighted by atomic mass is 19.1. The number of nitrogens with zero attached hydrogens (tertiary/aromatic N) is 1. The van der Waals surface area contributed by atoms with Crippen LogP contribution in [0.2, 0.25) is 0 Å². The van der Waals surface area contributed by atoms with Crippen LogP contribution in [0.15, 0.2) is 18.2 Å². The van der Waals surface area contributed by atoms with Gasteiger partial charge in [0.05, 0.1) is 0 Å². The molecule has 2 nitrogen and oxygen atoms in total. The molecule has 1 heterocycles. The topological polar surface area (TPSA) is 15.3 Å². The lowest BCUT2D eigenvalue weighted by Gasteiger charge is -2.43. The van der Waals surface area contributed by atoms with E-state index < -0.39 is 11.6 Å². The van der Waals surface area contributed by atoms with Crippen molar-refractivity contribution in [3.05, 3.63) is 35.4 Å². The lowest BCUT2D eigenvalue weighted by atomic mass is 9.93. The Labute approximate surface area is 126 Å². The van der Waals surface area contributed by atoms with Gasteiger partial charge < -0.3 is 5.32 Å². The van der Waals surface area contributed by atoms with Gasteiger partial charge in [0.25, 0.3) is 0 Å². The summed E-state index contributed by atoms with van der Waals surface area (Å²) in [5.41, 5.74) is 0.585. The molecular formula is C17H26F2N2. The summed E-state index contributed by atoms with van der Waals surface area (Å²) in [5, 5.41) is 3.58. The first-order chi connectivity index (χ1) is 10.0. The molecule has 0 saturated carbocycles. The summed E-state index contributed by atoms with van der Waals surface area (Å²) in [6.45, 7) is 9.01. The van der Waals surface area contributed by atoms with Gasteiger partial charge in [0.1, 0.15) is 11.6 Å². The molecule has 21 heavy (non-hydrogen) atoms. The molecule has 0 amide bonds. The van der Waals surface area contributed by atoms with Crippen molar-refractivity contribution in [2.24, 2.45) is 5.92 Å².